The van der Waals surface area contributed by atoms with Gasteiger partial charge < -0.3 is 34.9 Å². The van der Waals surface area contributed by atoms with Crippen molar-refractivity contribution in [2.24, 2.45) is 7.05 Å². The van der Waals surface area contributed by atoms with E-state index in [1.807, 2.05) is 0 Å². The summed E-state index contributed by atoms with van der Waals surface area (Å²) in [4.78, 5) is 42.0. The molecule has 5 rings (SSSR count). The third-order valence-electron chi connectivity index (χ3n) is 7.78. The molecule has 51 heavy (non-hydrogen) atoms. The van der Waals surface area contributed by atoms with Gasteiger partial charge >= 0.3 is 6.09 Å². The number of nitrogens with zero attached hydrogens (tertiary/aromatic N) is 4. The van der Waals surface area contributed by atoms with E-state index in [9.17, 15) is 24.8 Å². The van der Waals surface area contributed by atoms with Crippen LogP contribution >= 0.6 is 0 Å². The number of aromatic hydroxyl groups is 1. The van der Waals surface area contributed by atoms with E-state index < -0.39 is 35.6 Å². The summed E-state index contributed by atoms with van der Waals surface area (Å²) in [6.45, 7) is 5.42. The molecule has 1 aliphatic heterocycles. The number of hydrogen-bond donors (Lipinski definition) is 3. The van der Waals surface area contributed by atoms with Crippen LogP contribution in [0.2, 0.25) is 0 Å². The highest BCUT2D eigenvalue weighted by Gasteiger charge is 2.39. The number of ether oxygens (including phenoxy) is 3. The number of carbonyl (C=O) groups excluding carboxylic acids is 3. The molecule has 0 unspecified atom stereocenters. The van der Waals surface area contributed by atoms with E-state index in [1.54, 1.807) is 93.3 Å². The molecule has 13 nitrogen and oxygen atoms in total. The fourth-order valence-corrected chi connectivity index (χ4v) is 5.43. The second kappa shape index (κ2) is 15.5. The SMILES string of the molecule is COc1ccccc1[C@@H](NC(=O)OC(C)(C)C)C(=O)N1CCOC[C@H]1C(=O)Nc1ccc(C#Cc2cn(C)nc2-c2cc(C#N)ccc2O)cc1. The van der Waals surface area contributed by atoms with Gasteiger partial charge in [-0.1, -0.05) is 30.0 Å². The summed E-state index contributed by atoms with van der Waals surface area (Å²) >= 11 is 0. The molecule has 3 aromatic carbocycles. The van der Waals surface area contributed by atoms with Crippen LogP contribution in [-0.4, -0.2) is 76.2 Å². The summed E-state index contributed by atoms with van der Waals surface area (Å²) in [6, 6.07) is 18.0. The Morgan fingerprint density at radius 1 is 1.06 bits per heavy atom. The maximum absolute atomic E-state index is 14.2. The summed E-state index contributed by atoms with van der Waals surface area (Å²) in [5.41, 5.74) is 2.47. The molecule has 13 heteroatoms. The van der Waals surface area contributed by atoms with Crippen molar-refractivity contribution in [3.63, 3.8) is 0 Å². The lowest BCUT2D eigenvalue weighted by Crippen LogP contribution is -2.57. The van der Waals surface area contributed by atoms with Crippen LogP contribution in [0.4, 0.5) is 10.5 Å². The lowest BCUT2D eigenvalue weighted by atomic mass is 10.0. The molecule has 262 valence electrons. The first-order valence-electron chi connectivity index (χ1n) is 16.1. The number of alkyl carbamates (subject to hydrolysis) is 1. The molecule has 0 bridgehead atoms. The normalized spacial score (nSPS) is 14.7. The van der Waals surface area contributed by atoms with Crippen molar-refractivity contribution >= 4 is 23.6 Å². The number of amides is 3. The molecule has 1 fully saturated rings. The van der Waals surface area contributed by atoms with Crippen LogP contribution in [0, 0.1) is 23.2 Å². The van der Waals surface area contributed by atoms with Gasteiger partial charge in [0.15, 0.2) is 0 Å². The Morgan fingerprint density at radius 3 is 2.49 bits per heavy atom. The highest BCUT2D eigenvalue weighted by Crippen LogP contribution is 2.31. The van der Waals surface area contributed by atoms with Gasteiger partial charge in [-0.2, -0.15) is 10.4 Å². The molecular formula is C38H38N6O7. The van der Waals surface area contributed by atoms with Crippen LogP contribution < -0.4 is 15.4 Å². The van der Waals surface area contributed by atoms with Gasteiger partial charge in [-0.25, -0.2) is 4.79 Å². The predicted octanol–water partition coefficient (Wildman–Crippen LogP) is 4.50. The first-order chi connectivity index (χ1) is 24.4. The number of phenolic OH excluding ortho intramolecular Hbond substituents is 1. The average Bonchev–Trinajstić information content (AvgIpc) is 3.49. The number of anilines is 1. The molecule has 4 aromatic rings. The molecule has 0 radical (unpaired) electrons. The largest absolute Gasteiger partial charge is 0.507 e. The summed E-state index contributed by atoms with van der Waals surface area (Å²) < 4.78 is 18.1. The Kier molecular flexibility index (Phi) is 10.9. The number of hydrogen-bond acceptors (Lipinski definition) is 9. The highest BCUT2D eigenvalue weighted by atomic mass is 16.6. The quantitative estimate of drug-likeness (QED) is 0.237. The molecule has 0 aliphatic carbocycles. The number of para-hydroxylation sites is 1. The lowest BCUT2D eigenvalue weighted by molar-refractivity contribution is -0.148. The zero-order valence-corrected chi connectivity index (χ0v) is 28.9. The van der Waals surface area contributed by atoms with Gasteiger partial charge in [0.1, 0.15) is 34.9 Å². The minimum atomic E-state index is -1.21. The Bertz CT molecular complexity index is 2030. The molecule has 0 saturated carbocycles. The molecule has 1 saturated heterocycles. The highest BCUT2D eigenvalue weighted by molar-refractivity contribution is 5.99. The van der Waals surface area contributed by atoms with Crippen LogP contribution in [0.3, 0.4) is 0 Å². The first-order valence-corrected chi connectivity index (χ1v) is 16.1. The number of aryl methyl sites for hydroxylation is 1. The Hall–Kier alpha value is -6.31. The number of nitriles is 1. The van der Waals surface area contributed by atoms with Crippen molar-refractivity contribution in [3.8, 4) is 40.7 Å². The van der Waals surface area contributed by atoms with Crippen LogP contribution in [0.1, 0.15) is 49.1 Å². The number of benzene rings is 3. The number of morpholine rings is 1. The van der Waals surface area contributed by atoms with Crippen LogP contribution in [0.25, 0.3) is 11.3 Å². The standard InChI is InChI=1S/C38H38N6O7/c1-38(2,3)51-37(48)41-34(28-8-6-7-9-32(28)49-5)36(47)44-18-19-50-23-30(44)35(46)40-27-15-11-24(12-16-27)10-14-26-22-43(4)42-33(26)29-20-25(21-39)13-17-31(29)45/h6-9,11-13,15-17,20,22,30,34,45H,18-19,23H2,1-5H3,(H,40,46)(H,41,48)/t30-,34+/m0/s1. The number of carbonyl (C=O) groups is 3. The molecule has 3 amide bonds. The van der Waals surface area contributed by atoms with E-state index in [0.29, 0.717) is 44.9 Å². The Morgan fingerprint density at radius 2 is 1.78 bits per heavy atom. The topological polar surface area (TPSA) is 168 Å². The van der Waals surface area contributed by atoms with Crippen molar-refractivity contribution in [3.05, 3.63) is 95.2 Å². The fourth-order valence-electron chi connectivity index (χ4n) is 5.43. The van der Waals surface area contributed by atoms with E-state index in [2.05, 4.69) is 33.6 Å². The van der Waals surface area contributed by atoms with Crippen molar-refractivity contribution in [1.82, 2.24) is 20.0 Å². The van der Waals surface area contributed by atoms with Crippen molar-refractivity contribution in [2.75, 3.05) is 32.2 Å². The lowest BCUT2D eigenvalue weighted by Gasteiger charge is -2.37. The predicted molar refractivity (Wildman–Crippen MR) is 188 cm³/mol. The van der Waals surface area contributed by atoms with Crippen molar-refractivity contribution < 1.29 is 33.7 Å². The minimum absolute atomic E-state index is 0.0194. The molecular weight excluding hydrogens is 652 g/mol. The fraction of sp³-hybridized carbons (Fsp3) is 0.289. The monoisotopic (exact) mass is 690 g/mol. The van der Waals surface area contributed by atoms with Crippen molar-refractivity contribution in [1.29, 1.82) is 5.26 Å². The first kappa shape index (κ1) is 36.0. The van der Waals surface area contributed by atoms with Crippen LogP contribution in [0.15, 0.2) is 72.9 Å². The smallest absolute Gasteiger partial charge is 0.408 e. The second-order valence-electron chi connectivity index (χ2n) is 12.7. The van der Waals surface area contributed by atoms with E-state index in [-0.39, 0.29) is 25.5 Å². The molecule has 3 N–H and O–H groups in total. The van der Waals surface area contributed by atoms with E-state index >= 15 is 0 Å². The maximum atomic E-state index is 14.2. The minimum Gasteiger partial charge on any atom is -0.507 e. The van der Waals surface area contributed by atoms with Crippen LogP contribution in [0.5, 0.6) is 11.5 Å². The number of nitrogens with one attached hydrogen (secondary N) is 2. The summed E-state index contributed by atoms with van der Waals surface area (Å²) in [7, 11) is 3.20. The maximum Gasteiger partial charge on any atom is 0.408 e. The third-order valence-corrected chi connectivity index (χ3v) is 7.78. The van der Waals surface area contributed by atoms with Gasteiger partial charge in [0.2, 0.25) is 5.91 Å². The van der Waals surface area contributed by atoms with Gasteiger partial charge in [-0.15, -0.1) is 0 Å². The molecule has 1 aliphatic rings. The van der Waals surface area contributed by atoms with Gasteiger partial charge in [-0.05, 0) is 69.3 Å². The van der Waals surface area contributed by atoms with Gasteiger partial charge in [-0.3, -0.25) is 14.3 Å². The number of methoxy groups -OCH3 is 1. The van der Waals surface area contributed by atoms with Gasteiger partial charge in [0.25, 0.3) is 5.91 Å². The average molecular weight is 691 g/mol. The Labute approximate surface area is 295 Å². The van der Waals surface area contributed by atoms with E-state index in [0.717, 1.165) is 0 Å². The Balaban J connectivity index is 1.33. The zero-order chi connectivity index (χ0) is 36.7. The van der Waals surface area contributed by atoms with Crippen LogP contribution in [-0.2, 0) is 26.1 Å². The van der Waals surface area contributed by atoms with Gasteiger partial charge in [0.05, 0.1) is 37.5 Å². The number of aromatic nitrogens is 2. The second-order valence-corrected chi connectivity index (χ2v) is 12.7. The molecule has 2 atom stereocenters. The number of rotatable bonds is 7. The van der Waals surface area contributed by atoms with Crippen molar-refractivity contribution in [2.45, 2.75) is 38.5 Å². The summed E-state index contributed by atoms with van der Waals surface area (Å²) in [6.07, 6.45) is 0.922. The van der Waals surface area contributed by atoms with Gasteiger partial charge in [0, 0.05) is 42.2 Å². The summed E-state index contributed by atoms with van der Waals surface area (Å²) in [5.74, 6) is 5.52. The molecule has 1 aromatic heterocycles. The molecule has 2 heterocycles. The van der Waals surface area contributed by atoms with E-state index in [4.69, 9.17) is 14.2 Å². The zero-order valence-electron chi connectivity index (χ0n) is 28.9. The van der Waals surface area contributed by atoms with E-state index in [1.165, 1.54) is 24.1 Å². The molecule has 0 spiro atoms. The number of phenols is 1. The third kappa shape index (κ3) is 8.84. The summed E-state index contributed by atoms with van der Waals surface area (Å²) in [5, 5.41) is 29.7.